The first-order chi connectivity index (χ1) is 9.08. The maximum atomic E-state index is 12.3. The maximum absolute atomic E-state index is 12.3. The number of halogens is 1. The summed E-state index contributed by atoms with van der Waals surface area (Å²) in [5, 5.41) is 0. The third-order valence-electron chi connectivity index (χ3n) is 2.76. The second-order valence-electron chi connectivity index (χ2n) is 4.25. The zero-order valence-corrected chi connectivity index (χ0v) is 12.1. The number of nitrogen functional groups attached to an aromatic ring is 1. The van der Waals surface area contributed by atoms with Crippen LogP contribution in [0.4, 0.5) is 5.69 Å². The number of nitrogens with zero attached hydrogens (tertiary/aromatic N) is 2. The molecule has 98 valence electrons. The minimum Gasteiger partial charge on any atom is -0.398 e. The SMILES string of the molecule is CN(Cc1ccncc1)C(=O)c1ccc(Br)cc1N. The van der Waals surface area contributed by atoms with Gasteiger partial charge >= 0.3 is 0 Å². The van der Waals surface area contributed by atoms with Crippen molar-refractivity contribution in [3.05, 3.63) is 58.3 Å². The van der Waals surface area contributed by atoms with Gasteiger partial charge in [0.25, 0.3) is 5.91 Å². The van der Waals surface area contributed by atoms with Gasteiger partial charge in [-0.25, -0.2) is 0 Å². The Morgan fingerprint density at radius 1 is 1.32 bits per heavy atom. The molecule has 0 saturated heterocycles. The van der Waals surface area contributed by atoms with E-state index in [9.17, 15) is 4.79 Å². The van der Waals surface area contributed by atoms with Crippen molar-refractivity contribution in [2.75, 3.05) is 12.8 Å². The molecule has 5 heteroatoms. The summed E-state index contributed by atoms with van der Waals surface area (Å²) in [6.45, 7) is 0.525. The first kappa shape index (κ1) is 13.5. The molecule has 0 fully saturated rings. The summed E-state index contributed by atoms with van der Waals surface area (Å²) in [6.07, 6.45) is 3.42. The molecule has 1 aromatic carbocycles. The molecular formula is C14H14BrN3O. The highest BCUT2D eigenvalue weighted by atomic mass is 79.9. The van der Waals surface area contributed by atoms with E-state index in [4.69, 9.17) is 5.73 Å². The molecule has 1 amide bonds. The Labute approximate surface area is 120 Å². The second-order valence-corrected chi connectivity index (χ2v) is 5.16. The lowest BCUT2D eigenvalue weighted by Gasteiger charge is -2.18. The molecule has 0 bridgehead atoms. The topological polar surface area (TPSA) is 59.2 Å². The first-order valence-electron chi connectivity index (χ1n) is 5.77. The quantitative estimate of drug-likeness (QED) is 0.885. The number of aromatic nitrogens is 1. The van der Waals surface area contributed by atoms with Crippen molar-refractivity contribution in [1.29, 1.82) is 0 Å². The van der Waals surface area contributed by atoms with Crippen LogP contribution >= 0.6 is 15.9 Å². The number of benzene rings is 1. The van der Waals surface area contributed by atoms with Gasteiger partial charge in [0.1, 0.15) is 0 Å². The Bertz CT molecular complexity index is 586. The van der Waals surface area contributed by atoms with Gasteiger partial charge in [0, 0.05) is 36.1 Å². The molecular weight excluding hydrogens is 306 g/mol. The highest BCUT2D eigenvalue weighted by Gasteiger charge is 2.14. The number of hydrogen-bond acceptors (Lipinski definition) is 3. The van der Waals surface area contributed by atoms with E-state index in [0.717, 1.165) is 10.0 Å². The average Bonchev–Trinajstić information content (AvgIpc) is 2.39. The van der Waals surface area contributed by atoms with Gasteiger partial charge in [0.15, 0.2) is 0 Å². The zero-order valence-electron chi connectivity index (χ0n) is 10.5. The van der Waals surface area contributed by atoms with E-state index < -0.39 is 0 Å². The Hall–Kier alpha value is -1.88. The fraction of sp³-hybridized carbons (Fsp3) is 0.143. The molecule has 19 heavy (non-hydrogen) atoms. The Morgan fingerprint density at radius 2 is 2.00 bits per heavy atom. The van der Waals surface area contributed by atoms with Crippen LogP contribution in [0, 0.1) is 0 Å². The van der Waals surface area contributed by atoms with Gasteiger partial charge in [-0.3, -0.25) is 9.78 Å². The molecule has 4 nitrogen and oxygen atoms in total. The molecule has 2 rings (SSSR count). The molecule has 0 aliphatic rings. The smallest absolute Gasteiger partial charge is 0.255 e. The van der Waals surface area contributed by atoms with Crippen LogP contribution in [0.15, 0.2) is 47.2 Å². The maximum Gasteiger partial charge on any atom is 0.255 e. The Morgan fingerprint density at radius 3 is 2.63 bits per heavy atom. The van der Waals surface area contributed by atoms with Crippen molar-refractivity contribution in [3.8, 4) is 0 Å². The summed E-state index contributed by atoms with van der Waals surface area (Å²) in [5.41, 5.74) is 7.88. The highest BCUT2D eigenvalue weighted by Crippen LogP contribution is 2.20. The average molecular weight is 320 g/mol. The van der Waals surface area contributed by atoms with Crippen LogP contribution in [0.3, 0.4) is 0 Å². The second kappa shape index (κ2) is 5.84. The number of amides is 1. The molecule has 0 aliphatic heterocycles. The summed E-state index contributed by atoms with van der Waals surface area (Å²) in [7, 11) is 1.75. The van der Waals surface area contributed by atoms with Gasteiger partial charge in [0.05, 0.1) is 5.56 Å². The molecule has 0 aliphatic carbocycles. The van der Waals surface area contributed by atoms with Crippen molar-refractivity contribution < 1.29 is 4.79 Å². The number of anilines is 1. The predicted octanol–water partition coefficient (Wildman–Crippen LogP) is 2.70. The largest absolute Gasteiger partial charge is 0.398 e. The molecule has 2 aromatic rings. The van der Waals surface area contributed by atoms with Gasteiger partial charge < -0.3 is 10.6 Å². The van der Waals surface area contributed by atoms with Crippen LogP contribution in [0.2, 0.25) is 0 Å². The van der Waals surface area contributed by atoms with Crippen LogP contribution < -0.4 is 5.73 Å². The molecule has 0 spiro atoms. The fourth-order valence-electron chi connectivity index (χ4n) is 1.77. The molecule has 0 radical (unpaired) electrons. The lowest BCUT2D eigenvalue weighted by molar-refractivity contribution is 0.0786. The van der Waals surface area contributed by atoms with E-state index >= 15 is 0 Å². The first-order valence-corrected chi connectivity index (χ1v) is 6.56. The van der Waals surface area contributed by atoms with Crippen LogP contribution in [0.5, 0.6) is 0 Å². The predicted molar refractivity (Wildman–Crippen MR) is 78.6 cm³/mol. The van der Waals surface area contributed by atoms with Crippen molar-refractivity contribution in [2.45, 2.75) is 6.54 Å². The molecule has 2 N–H and O–H groups in total. The molecule has 1 heterocycles. The van der Waals surface area contributed by atoms with Crippen LogP contribution in [0.25, 0.3) is 0 Å². The van der Waals surface area contributed by atoms with Crippen LogP contribution in [0.1, 0.15) is 15.9 Å². The summed E-state index contributed by atoms with van der Waals surface area (Å²) in [5.74, 6) is -0.0955. The fourth-order valence-corrected chi connectivity index (χ4v) is 2.15. The minimum absolute atomic E-state index is 0.0955. The van der Waals surface area contributed by atoms with Gasteiger partial charge in [-0.05, 0) is 35.9 Å². The van der Waals surface area contributed by atoms with Gasteiger partial charge in [0.2, 0.25) is 0 Å². The molecule has 0 atom stereocenters. The summed E-state index contributed by atoms with van der Waals surface area (Å²) in [6, 6.07) is 9.03. The lowest BCUT2D eigenvalue weighted by Crippen LogP contribution is -2.26. The van der Waals surface area contributed by atoms with Gasteiger partial charge in [-0.15, -0.1) is 0 Å². The number of pyridine rings is 1. The van der Waals surface area contributed by atoms with Crippen molar-refractivity contribution in [2.24, 2.45) is 0 Å². The number of carbonyl (C=O) groups is 1. The summed E-state index contributed by atoms with van der Waals surface area (Å²) in [4.78, 5) is 17.9. The van der Waals surface area contributed by atoms with E-state index in [1.807, 2.05) is 18.2 Å². The van der Waals surface area contributed by atoms with E-state index in [1.165, 1.54) is 0 Å². The third-order valence-corrected chi connectivity index (χ3v) is 3.25. The van der Waals surface area contributed by atoms with Crippen molar-refractivity contribution in [3.63, 3.8) is 0 Å². The van der Waals surface area contributed by atoms with Crippen LogP contribution in [-0.4, -0.2) is 22.8 Å². The number of rotatable bonds is 3. The Kier molecular flexibility index (Phi) is 4.16. The zero-order chi connectivity index (χ0) is 13.8. The number of carbonyl (C=O) groups excluding carboxylic acids is 1. The summed E-state index contributed by atoms with van der Waals surface area (Å²) >= 11 is 3.32. The lowest BCUT2D eigenvalue weighted by atomic mass is 10.1. The highest BCUT2D eigenvalue weighted by molar-refractivity contribution is 9.10. The van der Waals surface area contributed by atoms with Crippen molar-refractivity contribution >= 4 is 27.5 Å². The van der Waals surface area contributed by atoms with E-state index in [0.29, 0.717) is 17.8 Å². The summed E-state index contributed by atoms with van der Waals surface area (Å²) < 4.78 is 0.860. The molecule has 1 aromatic heterocycles. The number of hydrogen-bond donors (Lipinski definition) is 1. The molecule has 0 saturated carbocycles. The third kappa shape index (κ3) is 3.32. The van der Waals surface area contributed by atoms with Crippen molar-refractivity contribution in [1.82, 2.24) is 9.88 Å². The monoisotopic (exact) mass is 319 g/mol. The minimum atomic E-state index is -0.0955. The molecule has 0 unspecified atom stereocenters. The normalized spacial score (nSPS) is 10.2. The Balaban J connectivity index is 2.15. The van der Waals surface area contributed by atoms with Gasteiger partial charge in [-0.1, -0.05) is 15.9 Å². The van der Waals surface area contributed by atoms with E-state index in [-0.39, 0.29) is 5.91 Å². The van der Waals surface area contributed by atoms with Gasteiger partial charge in [-0.2, -0.15) is 0 Å². The van der Waals surface area contributed by atoms with E-state index in [2.05, 4.69) is 20.9 Å². The number of nitrogens with two attached hydrogens (primary N) is 1. The standard InChI is InChI=1S/C14H14BrN3O/c1-18(9-10-4-6-17-7-5-10)14(19)12-3-2-11(15)8-13(12)16/h2-8H,9,16H2,1H3. The van der Waals surface area contributed by atoms with E-state index in [1.54, 1.807) is 36.5 Å². The van der Waals surface area contributed by atoms with Crippen LogP contribution in [-0.2, 0) is 6.54 Å².